The predicted octanol–water partition coefficient (Wildman–Crippen LogP) is 0.0482. The summed E-state index contributed by atoms with van der Waals surface area (Å²) in [6, 6.07) is 4.30. The van der Waals surface area contributed by atoms with E-state index in [1.165, 1.54) is 31.2 Å². The molecule has 26 heavy (non-hydrogen) atoms. The summed E-state index contributed by atoms with van der Waals surface area (Å²) < 4.78 is 31.7. The number of hydrogen-bond acceptors (Lipinski definition) is 6. The summed E-state index contributed by atoms with van der Waals surface area (Å²) in [6.07, 6.45) is -1.36. The van der Waals surface area contributed by atoms with Crippen molar-refractivity contribution in [1.82, 2.24) is 4.31 Å². The molecule has 1 aliphatic heterocycles. The third kappa shape index (κ3) is 4.95. The number of aliphatic hydroxyl groups is 2. The molecule has 1 fully saturated rings. The van der Waals surface area contributed by atoms with Crippen molar-refractivity contribution < 1.29 is 33.3 Å². The van der Waals surface area contributed by atoms with Crippen LogP contribution in [0.4, 0.5) is 0 Å². The summed E-state index contributed by atoms with van der Waals surface area (Å²) in [4.78, 5) is 11.3. The zero-order chi connectivity index (χ0) is 19.3. The van der Waals surface area contributed by atoms with Gasteiger partial charge in [-0.15, -0.1) is 0 Å². The van der Waals surface area contributed by atoms with E-state index in [0.29, 0.717) is 5.75 Å². The zero-order valence-corrected chi connectivity index (χ0v) is 15.0. The molecule has 3 atom stereocenters. The highest BCUT2D eigenvalue weighted by atomic mass is 32.2. The van der Waals surface area contributed by atoms with Crippen molar-refractivity contribution in [3.63, 3.8) is 0 Å². The molecule has 0 bridgehead atoms. The van der Waals surface area contributed by atoms with E-state index in [1.807, 2.05) is 0 Å². The molecule has 1 aliphatic rings. The number of piperidine rings is 1. The molecule has 0 amide bonds. The number of nitrogens with zero attached hydrogens (tertiary/aromatic N) is 1. The maximum atomic E-state index is 12.8. The van der Waals surface area contributed by atoms with Gasteiger partial charge in [-0.25, -0.2) is 8.42 Å². The minimum Gasteiger partial charge on any atom is -0.481 e. The second-order valence-electron chi connectivity index (χ2n) is 5.92. The zero-order valence-electron chi connectivity index (χ0n) is 14.2. The minimum atomic E-state index is -4.07. The van der Waals surface area contributed by atoms with Gasteiger partial charge < -0.3 is 20.1 Å². The first-order valence-corrected chi connectivity index (χ1v) is 9.48. The van der Waals surface area contributed by atoms with E-state index in [0.717, 1.165) is 4.31 Å². The molecule has 0 radical (unpaired) electrons. The maximum Gasteiger partial charge on any atom is 0.322 e. The Morgan fingerprint density at radius 3 is 2.58 bits per heavy atom. The highest BCUT2D eigenvalue weighted by molar-refractivity contribution is 7.89. The fraction of sp³-hybridized carbons (Fsp3) is 0.471. The summed E-state index contributed by atoms with van der Waals surface area (Å²) in [5.41, 5.74) is 0. The fourth-order valence-corrected chi connectivity index (χ4v) is 4.23. The van der Waals surface area contributed by atoms with Crippen LogP contribution in [-0.2, 0) is 14.8 Å². The van der Waals surface area contributed by atoms with Crippen LogP contribution >= 0.6 is 0 Å². The van der Waals surface area contributed by atoms with Gasteiger partial charge in [0, 0.05) is 6.54 Å². The van der Waals surface area contributed by atoms with Crippen molar-refractivity contribution in [2.24, 2.45) is 0 Å². The summed E-state index contributed by atoms with van der Waals surface area (Å²) in [6.45, 7) is 1.30. The van der Waals surface area contributed by atoms with Crippen molar-refractivity contribution >= 4 is 16.0 Å². The van der Waals surface area contributed by atoms with Gasteiger partial charge in [-0.05, 0) is 44.0 Å². The normalized spacial score (nSPS) is 22.1. The molecule has 3 unspecified atom stereocenters. The second-order valence-corrected chi connectivity index (χ2v) is 7.81. The first-order chi connectivity index (χ1) is 12.2. The molecule has 3 N–H and O–H groups in total. The molecule has 142 valence electrons. The average Bonchev–Trinajstić information content (AvgIpc) is 2.58. The predicted molar refractivity (Wildman–Crippen MR) is 92.0 cm³/mol. The van der Waals surface area contributed by atoms with E-state index >= 15 is 0 Å². The Balaban J connectivity index is 2.15. The minimum absolute atomic E-state index is 0.0381. The van der Waals surface area contributed by atoms with Crippen LogP contribution < -0.4 is 4.74 Å². The number of rotatable bonds is 5. The van der Waals surface area contributed by atoms with Crippen molar-refractivity contribution in [2.75, 3.05) is 13.2 Å². The number of aliphatic hydroxyl groups excluding tert-OH is 2. The van der Waals surface area contributed by atoms with E-state index in [4.69, 9.17) is 9.84 Å². The molecule has 2 rings (SSSR count). The number of benzene rings is 1. The molecule has 0 spiro atoms. The Kier molecular flexibility index (Phi) is 6.61. The molecule has 9 heteroatoms. The first-order valence-electron chi connectivity index (χ1n) is 8.04. The molecule has 1 aromatic rings. The molecule has 1 heterocycles. The average molecular weight is 383 g/mol. The number of hydrogen-bond donors (Lipinski definition) is 3. The van der Waals surface area contributed by atoms with Crippen molar-refractivity contribution in [1.29, 1.82) is 0 Å². The van der Waals surface area contributed by atoms with Gasteiger partial charge >= 0.3 is 5.97 Å². The smallest absolute Gasteiger partial charge is 0.322 e. The fourth-order valence-electron chi connectivity index (χ4n) is 2.58. The van der Waals surface area contributed by atoms with E-state index in [-0.39, 0.29) is 30.9 Å². The van der Waals surface area contributed by atoms with Crippen LogP contribution in [0.1, 0.15) is 19.8 Å². The van der Waals surface area contributed by atoms with E-state index in [9.17, 15) is 23.4 Å². The van der Waals surface area contributed by atoms with Crippen molar-refractivity contribution in [2.45, 2.75) is 42.9 Å². The van der Waals surface area contributed by atoms with Crippen molar-refractivity contribution in [3.8, 4) is 17.6 Å². The lowest BCUT2D eigenvalue weighted by atomic mass is 10.0. The van der Waals surface area contributed by atoms with Crippen LogP contribution in [0.5, 0.6) is 5.75 Å². The van der Waals surface area contributed by atoms with Crippen molar-refractivity contribution in [3.05, 3.63) is 24.3 Å². The molecule has 1 saturated heterocycles. The summed E-state index contributed by atoms with van der Waals surface area (Å²) >= 11 is 0. The number of carboxylic acids is 1. The lowest BCUT2D eigenvalue weighted by Gasteiger charge is -2.34. The first kappa shape index (κ1) is 20.2. The number of sulfonamides is 1. The van der Waals surface area contributed by atoms with Gasteiger partial charge in [0.2, 0.25) is 10.0 Å². The van der Waals surface area contributed by atoms with Gasteiger partial charge in [0.05, 0.1) is 11.0 Å². The van der Waals surface area contributed by atoms with Crippen LogP contribution in [0.3, 0.4) is 0 Å². The molecule has 0 aromatic heterocycles. The monoisotopic (exact) mass is 383 g/mol. The number of ether oxygens (including phenoxy) is 1. The SMILES string of the molecule is CC(O)C#CCOc1ccc(S(=O)(=O)N2CC(O)CCC2C(=O)O)cc1. The maximum absolute atomic E-state index is 12.8. The van der Waals surface area contributed by atoms with Gasteiger partial charge in [0.1, 0.15) is 24.5 Å². The Bertz CT molecular complexity index is 793. The molecule has 1 aromatic carbocycles. The highest BCUT2D eigenvalue weighted by Gasteiger charge is 2.40. The van der Waals surface area contributed by atoms with E-state index < -0.39 is 34.2 Å². The van der Waals surface area contributed by atoms with Crippen LogP contribution in [0.15, 0.2) is 29.2 Å². The van der Waals surface area contributed by atoms with Gasteiger partial charge in [0.15, 0.2) is 0 Å². The number of β-amino-alcohol motifs (C(OH)–C–C–N with tert-alkyl or cyclic N) is 1. The van der Waals surface area contributed by atoms with Gasteiger partial charge in [0.25, 0.3) is 0 Å². The van der Waals surface area contributed by atoms with Crippen LogP contribution in [-0.4, -0.2) is 65.4 Å². The lowest BCUT2D eigenvalue weighted by molar-refractivity contribution is -0.143. The van der Waals surface area contributed by atoms with Crippen LogP contribution in [0.25, 0.3) is 0 Å². The quantitative estimate of drug-likeness (QED) is 0.614. The molecule has 0 aliphatic carbocycles. The van der Waals surface area contributed by atoms with E-state index in [2.05, 4.69) is 11.8 Å². The largest absolute Gasteiger partial charge is 0.481 e. The number of carboxylic acid groups (broad SMARTS) is 1. The summed E-state index contributed by atoms with van der Waals surface area (Å²) in [7, 11) is -4.07. The van der Waals surface area contributed by atoms with Gasteiger partial charge in [-0.3, -0.25) is 4.79 Å². The Hall–Kier alpha value is -2.12. The second kappa shape index (κ2) is 8.51. The van der Waals surface area contributed by atoms with Crippen LogP contribution in [0, 0.1) is 11.8 Å². The molecular formula is C17H21NO7S. The van der Waals surface area contributed by atoms with E-state index in [1.54, 1.807) is 0 Å². The Labute approximate surface area is 152 Å². The number of carbonyl (C=O) groups is 1. The molecule has 8 nitrogen and oxygen atoms in total. The molecule has 0 saturated carbocycles. The third-order valence-corrected chi connectivity index (χ3v) is 5.74. The Morgan fingerprint density at radius 1 is 1.35 bits per heavy atom. The number of aliphatic carboxylic acids is 1. The standard InChI is InChI=1S/C17H21NO7S/c1-12(19)3-2-10-25-14-5-7-15(8-6-14)26(23,24)18-11-13(20)4-9-16(18)17(21)22/h5-8,12-13,16,19-20H,4,9-11H2,1H3,(H,21,22). The highest BCUT2D eigenvalue weighted by Crippen LogP contribution is 2.27. The summed E-state index contributed by atoms with van der Waals surface area (Å²) in [5, 5.41) is 28.0. The Morgan fingerprint density at radius 2 is 2.00 bits per heavy atom. The third-order valence-electron chi connectivity index (χ3n) is 3.85. The topological polar surface area (TPSA) is 124 Å². The van der Waals surface area contributed by atoms with Gasteiger partial charge in [-0.2, -0.15) is 4.31 Å². The van der Waals surface area contributed by atoms with Crippen LogP contribution in [0.2, 0.25) is 0 Å². The summed E-state index contributed by atoms with van der Waals surface area (Å²) in [5.74, 6) is 4.27. The van der Waals surface area contributed by atoms with Gasteiger partial charge in [-0.1, -0.05) is 11.8 Å². The molecular weight excluding hydrogens is 362 g/mol. The lowest BCUT2D eigenvalue weighted by Crippen LogP contribution is -2.51.